The van der Waals surface area contributed by atoms with Gasteiger partial charge in [-0.05, 0) is 12.6 Å². The number of methoxy groups -OCH3 is 2. The number of nitrogens with one attached hydrogen (secondary N) is 1. The number of rotatable bonds is 4. The molecule has 2 rings (SSSR count). The number of hydrogen-bond donors (Lipinski definition) is 1. The second-order valence-electron chi connectivity index (χ2n) is 3.77. The highest BCUT2D eigenvalue weighted by atomic mass is 16.7. The molecule has 1 aromatic carbocycles. The molecule has 3 nitrogen and oxygen atoms in total. The van der Waals surface area contributed by atoms with E-state index in [0.29, 0.717) is 0 Å². The first-order chi connectivity index (χ1) is 7.30. The zero-order valence-electron chi connectivity index (χ0n) is 9.41. The van der Waals surface area contributed by atoms with Crippen LogP contribution in [0.2, 0.25) is 0 Å². The van der Waals surface area contributed by atoms with Gasteiger partial charge < -0.3 is 14.8 Å². The van der Waals surface area contributed by atoms with Crippen LogP contribution in [-0.2, 0) is 15.3 Å². The third-order valence-electron chi connectivity index (χ3n) is 3.19. The van der Waals surface area contributed by atoms with Crippen LogP contribution >= 0.6 is 0 Å². The maximum Gasteiger partial charge on any atom is 0.202 e. The molecular weight excluding hydrogens is 190 g/mol. The second-order valence-corrected chi connectivity index (χ2v) is 3.77. The van der Waals surface area contributed by atoms with Crippen molar-refractivity contribution in [3.05, 3.63) is 35.4 Å². The summed E-state index contributed by atoms with van der Waals surface area (Å²) in [6.45, 7) is 0.860. The Balaban J connectivity index is 2.40. The minimum Gasteiger partial charge on any atom is -0.349 e. The Morgan fingerprint density at radius 2 is 1.93 bits per heavy atom. The van der Waals surface area contributed by atoms with Crippen LogP contribution < -0.4 is 5.32 Å². The summed E-state index contributed by atoms with van der Waals surface area (Å²) in [7, 11) is 5.33. The minimum atomic E-state index is -0.556. The normalized spacial score (nSPS) is 21.9. The summed E-state index contributed by atoms with van der Waals surface area (Å²) in [4.78, 5) is 0. The molecule has 0 aliphatic heterocycles. The predicted octanol–water partition coefficient (Wildman–Crippen LogP) is 1.45. The predicted molar refractivity (Wildman–Crippen MR) is 58.8 cm³/mol. The van der Waals surface area contributed by atoms with Gasteiger partial charge in [-0.25, -0.2) is 0 Å². The largest absolute Gasteiger partial charge is 0.349 e. The van der Waals surface area contributed by atoms with Crippen LogP contribution in [-0.4, -0.2) is 27.8 Å². The standard InChI is InChI=1S/C12H17NO2/c1-13-8-11-9-6-4-5-7-10(9)12(11,14-2)15-3/h4-7,11,13H,8H2,1-3H3. The van der Waals surface area contributed by atoms with E-state index in [-0.39, 0.29) is 5.92 Å². The third kappa shape index (κ3) is 1.31. The van der Waals surface area contributed by atoms with Crippen molar-refractivity contribution in [1.29, 1.82) is 0 Å². The first-order valence-corrected chi connectivity index (χ1v) is 5.14. The summed E-state index contributed by atoms with van der Waals surface area (Å²) in [6.07, 6.45) is 0. The molecule has 0 aromatic heterocycles. The fourth-order valence-electron chi connectivity index (χ4n) is 2.47. The van der Waals surface area contributed by atoms with Crippen LogP contribution in [0.25, 0.3) is 0 Å². The van der Waals surface area contributed by atoms with Crippen LogP contribution in [0.15, 0.2) is 24.3 Å². The molecule has 0 heterocycles. The van der Waals surface area contributed by atoms with Crippen LogP contribution in [0.3, 0.4) is 0 Å². The molecule has 1 aliphatic rings. The molecule has 3 heteroatoms. The quantitative estimate of drug-likeness (QED) is 0.758. The zero-order chi connectivity index (χ0) is 10.9. The molecule has 1 atom stereocenters. The fourth-order valence-corrected chi connectivity index (χ4v) is 2.47. The van der Waals surface area contributed by atoms with Gasteiger partial charge in [-0.15, -0.1) is 0 Å². The van der Waals surface area contributed by atoms with Crippen molar-refractivity contribution < 1.29 is 9.47 Å². The van der Waals surface area contributed by atoms with Gasteiger partial charge >= 0.3 is 0 Å². The SMILES string of the molecule is CNCC1c2ccccc2C1(OC)OC. The van der Waals surface area contributed by atoms with E-state index in [4.69, 9.17) is 9.47 Å². The molecule has 0 radical (unpaired) electrons. The number of fused-ring (bicyclic) bond motifs is 1. The molecule has 0 spiro atoms. The molecule has 0 saturated heterocycles. The lowest BCUT2D eigenvalue weighted by molar-refractivity contribution is -0.249. The van der Waals surface area contributed by atoms with Crippen LogP contribution in [0.1, 0.15) is 17.0 Å². The van der Waals surface area contributed by atoms with Gasteiger partial charge in [0.25, 0.3) is 0 Å². The summed E-state index contributed by atoms with van der Waals surface area (Å²) < 4.78 is 11.1. The van der Waals surface area contributed by atoms with Gasteiger partial charge in [0.05, 0.1) is 5.92 Å². The van der Waals surface area contributed by atoms with Crippen molar-refractivity contribution in [3.63, 3.8) is 0 Å². The molecular formula is C12H17NO2. The maximum atomic E-state index is 5.55. The topological polar surface area (TPSA) is 30.5 Å². The lowest BCUT2D eigenvalue weighted by atomic mass is 9.71. The number of hydrogen-bond acceptors (Lipinski definition) is 3. The average Bonchev–Trinajstić information content (AvgIpc) is 2.28. The number of benzene rings is 1. The van der Waals surface area contributed by atoms with Gasteiger partial charge in [0.1, 0.15) is 0 Å². The van der Waals surface area contributed by atoms with E-state index in [1.165, 1.54) is 5.56 Å². The van der Waals surface area contributed by atoms with Gasteiger partial charge in [0.2, 0.25) is 5.79 Å². The molecule has 1 unspecified atom stereocenters. The summed E-state index contributed by atoms with van der Waals surface area (Å²) >= 11 is 0. The van der Waals surface area contributed by atoms with E-state index in [1.807, 2.05) is 13.1 Å². The van der Waals surface area contributed by atoms with Crippen LogP contribution in [0.4, 0.5) is 0 Å². The van der Waals surface area contributed by atoms with Crippen LogP contribution in [0, 0.1) is 0 Å². The van der Waals surface area contributed by atoms with Crippen molar-refractivity contribution in [2.75, 3.05) is 27.8 Å². The third-order valence-corrected chi connectivity index (χ3v) is 3.19. The van der Waals surface area contributed by atoms with E-state index in [1.54, 1.807) is 14.2 Å². The maximum absolute atomic E-state index is 5.55. The first kappa shape index (κ1) is 10.6. The lowest BCUT2D eigenvalue weighted by Crippen LogP contribution is -2.50. The first-order valence-electron chi connectivity index (χ1n) is 5.14. The van der Waals surface area contributed by atoms with Gasteiger partial charge in [0, 0.05) is 26.3 Å². The summed E-state index contributed by atoms with van der Waals surface area (Å²) in [5.74, 6) is -0.284. The number of ether oxygens (including phenoxy) is 2. The van der Waals surface area contributed by atoms with Crippen molar-refractivity contribution >= 4 is 0 Å². The Bertz CT molecular complexity index is 347. The molecule has 0 fully saturated rings. The molecule has 15 heavy (non-hydrogen) atoms. The van der Waals surface area contributed by atoms with Crippen LogP contribution in [0.5, 0.6) is 0 Å². The highest BCUT2D eigenvalue weighted by Gasteiger charge is 2.52. The molecule has 1 aromatic rings. The molecule has 1 aliphatic carbocycles. The Kier molecular flexibility index (Phi) is 2.78. The highest BCUT2D eigenvalue weighted by Crippen LogP contribution is 2.52. The lowest BCUT2D eigenvalue weighted by Gasteiger charge is -2.48. The smallest absolute Gasteiger partial charge is 0.202 e. The average molecular weight is 207 g/mol. The van der Waals surface area contributed by atoms with E-state index >= 15 is 0 Å². The Hall–Kier alpha value is -0.900. The second kappa shape index (κ2) is 3.93. The molecule has 0 amide bonds. The highest BCUT2D eigenvalue weighted by molar-refractivity contribution is 5.46. The Labute approximate surface area is 90.4 Å². The van der Waals surface area contributed by atoms with E-state index < -0.39 is 5.79 Å². The monoisotopic (exact) mass is 207 g/mol. The zero-order valence-corrected chi connectivity index (χ0v) is 9.41. The summed E-state index contributed by atoms with van der Waals surface area (Å²) in [5.41, 5.74) is 2.46. The Morgan fingerprint density at radius 3 is 2.53 bits per heavy atom. The molecule has 0 bridgehead atoms. The summed E-state index contributed by atoms with van der Waals surface area (Å²) in [6, 6.07) is 8.26. The summed E-state index contributed by atoms with van der Waals surface area (Å²) in [5, 5.41) is 3.17. The van der Waals surface area contributed by atoms with Gasteiger partial charge in [-0.2, -0.15) is 0 Å². The van der Waals surface area contributed by atoms with E-state index in [0.717, 1.165) is 12.1 Å². The fraction of sp³-hybridized carbons (Fsp3) is 0.500. The van der Waals surface area contributed by atoms with Gasteiger partial charge in [-0.1, -0.05) is 24.3 Å². The van der Waals surface area contributed by atoms with Crippen molar-refractivity contribution in [2.45, 2.75) is 11.7 Å². The van der Waals surface area contributed by atoms with Crippen molar-refractivity contribution in [2.24, 2.45) is 0 Å². The van der Waals surface area contributed by atoms with Gasteiger partial charge in [-0.3, -0.25) is 0 Å². The molecule has 1 N–H and O–H groups in total. The minimum absolute atomic E-state index is 0.272. The van der Waals surface area contributed by atoms with Crippen molar-refractivity contribution in [1.82, 2.24) is 5.32 Å². The molecule has 0 saturated carbocycles. The molecule has 82 valence electrons. The Morgan fingerprint density at radius 1 is 1.27 bits per heavy atom. The van der Waals surface area contributed by atoms with E-state index in [2.05, 4.69) is 23.5 Å². The van der Waals surface area contributed by atoms with Crippen molar-refractivity contribution in [3.8, 4) is 0 Å². The number of likely N-dealkylation sites (N-methyl/N-ethyl adjacent to an activating group) is 1. The van der Waals surface area contributed by atoms with E-state index in [9.17, 15) is 0 Å². The van der Waals surface area contributed by atoms with Gasteiger partial charge in [0.15, 0.2) is 0 Å².